The Balaban J connectivity index is 1.49. The zero-order valence-electron chi connectivity index (χ0n) is 12.6. The Hall–Kier alpha value is -1.62. The number of phenolic OH excluding ortho intramolecular Hbond substituents is 1. The van der Waals surface area contributed by atoms with Crippen LogP contribution in [-0.2, 0) is 6.54 Å². The number of aromatic hydroxyl groups is 1. The van der Waals surface area contributed by atoms with Crippen molar-refractivity contribution in [2.24, 2.45) is 17.8 Å². The van der Waals surface area contributed by atoms with Crippen LogP contribution in [0.4, 0.5) is 5.69 Å². The summed E-state index contributed by atoms with van der Waals surface area (Å²) in [6.07, 6.45) is 8.01. The monoisotopic (exact) mass is 302 g/mol. The number of rotatable bonds is 4. The average Bonchev–Trinajstić information content (AvgIpc) is 2.44. The Labute approximate surface area is 129 Å². The molecule has 0 amide bonds. The molecule has 5 rings (SSSR count). The molecule has 4 bridgehead atoms. The fourth-order valence-electron chi connectivity index (χ4n) is 5.44. The lowest BCUT2D eigenvalue weighted by atomic mass is 9.53. The fraction of sp³-hybridized carbons (Fsp3) is 0.647. The van der Waals surface area contributed by atoms with Crippen LogP contribution in [0.2, 0.25) is 0 Å². The molecule has 0 heterocycles. The Bertz CT molecular complexity index is 579. The van der Waals surface area contributed by atoms with Gasteiger partial charge in [-0.2, -0.15) is 0 Å². The molecule has 0 radical (unpaired) electrons. The van der Waals surface area contributed by atoms with Gasteiger partial charge in [0.15, 0.2) is 5.75 Å². The molecule has 4 saturated carbocycles. The van der Waals surface area contributed by atoms with Crippen LogP contribution in [0.1, 0.15) is 44.1 Å². The van der Waals surface area contributed by atoms with E-state index in [2.05, 4.69) is 5.32 Å². The van der Waals surface area contributed by atoms with Crippen LogP contribution in [0.3, 0.4) is 0 Å². The van der Waals surface area contributed by atoms with Gasteiger partial charge in [0.05, 0.1) is 4.92 Å². The van der Waals surface area contributed by atoms with E-state index in [1.165, 1.54) is 50.7 Å². The van der Waals surface area contributed by atoms with Gasteiger partial charge >= 0.3 is 5.69 Å². The van der Waals surface area contributed by atoms with E-state index in [1.807, 2.05) is 0 Å². The third-order valence-corrected chi connectivity index (χ3v) is 5.94. The molecule has 22 heavy (non-hydrogen) atoms. The first-order valence-electron chi connectivity index (χ1n) is 8.24. The quantitative estimate of drug-likeness (QED) is 0.660. The molecular weight excluding hydrogens is 280 g/mol. The molecule has 5 heteroatoms. The second-order valence-corrected chi connectivity index (χ2v) is 7.63. The summed E-state index contributed by atoms with van der Waals surface area (Å²) in [6.45, 7) is 0.646. The standard InChI is InChI=1S/C17H22N2O3/c20-16-2-1-11(6-15(16)19(21)22)10-18-17-7-12-3-13(8-17)5-14(4-12)9-17/h1-2,6,12-14,18,20H,3-5,7-10H2. The zero-order chi connectivity index (χ0) is 15.3. The van der Waals surface area contributed by atoms with Crippen LogP contribution in [0.15, 0.2) is 18.2 Å². The summed E-state index contributed by atoms with van der Waals surface area (Å²) < 4.78 is 0. The van der Waals surface area contributed by atoms with Crippen molar-refractivity contribution < 1.29 is 10.0 Å². The van der Waals surface area contributed by atoms with E-state index in [9.17, 15) is 15.2 Å². The minimum Gasteiger partial charge on any atom is -0.502 e. The van der Waals surface area contributed by atoms with E-state index < -0.39 is 4.92 Å². The summed E-state index contributed by atoms with van der Waals surface area (Å²) in [5.41, 5.74) is 0.923. The maximum absolute atomic E-state index is 10.9. The molecule has 0 aromatic heterocycles. The molecule has 2 N–H and O–H groups in total. The molecule has 0 atom stereocenters. The lowest BCUT2D eigenvalue weighted by Gasteiger charge is -2.57. The predicted octanol–water partition coefficient (Wildman–Crippen LogP) is 3.36. The zero-order valence-corrected chi connectivity index (χ0v) is 12.6. The minimum atomic E-state index is -0.524. The van der Waals surface area contributed by atoms with Crippen molar-refractivity contribution >= 4 is 5.69 Å². The molecule has 1 aromatic carbocycles. The molecule has 0 spiro atoms. The highest BCUT2D eigenvalue weighted by Gasteiger charge is 2.50. The van der Waals surface area contributed by atoms with Gasteiger partial charge in [-0.15, -0.1) is 0 Å². The SMILES string of the molecule is O=[N+]([O-])c1cc(CNC23CC4CC(CC(C4)C2)C3)ccc1O. The summed E-state index contributed by atoms with van der Waals surface area (Å²) in [4.78, 5) is 10.4. The average molecular weight is 302 g/mol. The van der Waals surface area contributed by atoms with Crippen molar-refractivity contribution in [1.29, 1.82) is 0 Å². The highest BCUT2D eigenvalue weighted by Crippen LogP contribution is 2.55. The predicted molar refractivity (Wildman–Crippen MR) is 82.5 cm³/mol. The van der Waals surface area contributed by atoms with Gasteiger partial charge in [0.1, 0.15) is 0 Å². The molecule has 5 nitrogen and oxygen atoms in total. The number of hydrogen-bond donors (Lipinski definition) is 2. The lowest BCUT2D eigenvalue weighted by Crippen LogP contribution is -2.58. The maximum Gasteiger partial charge on any atom is 0.311 e. The van der Waals surface area contributed by atoms with Gasteiger partial charge in [-0.05, 0) is 67.9 Å². The number of phenols is 1. The molecule has 4 aliphatic carbocycles. The number of hydrogen-bond acceptors (Lipinski definition) is 4. The number of nitrogens with one attached hydrogen (secondary N) is 1. The molecular formula is C17H22N2O3. The molecule has 1 aromatic rings. The van der Waals surface area contributed by atoms with Crippen LogP contribution >= 0.6 is 0 Å². The highest BCUT2D eigenvalue weighted by atomic mass is 16.6. The molecule has 0 saturated heterocycles. The van der Waals surface area contributed by atoms with Crippen LogP contribution in [0.5, 0.6) is 5.75 Å². The maximum atomic E-state index is 10.9. The number of benzene rings is 1. The number of nitro groups is 1. The van der Waals surface area contributed by atoms with Crippen LogP contribution in [0, 0.1) is 27.9 Å². The highest BCUT2D eigenvalue weighted by molar-refractivity contribution is 5.47. The normalized spacial score (nSPS) is 35.7. The largest absolute Gasteiger partial charge is 0.502 e. The fourth-order valence-corrected chi connectivity index (χ4v) is 5.44. The van der Waals surface area contributed by atoms with Gasteiger partial charge in [0.25, 0.3) is 0 Å². The molecule has 4 fully saturated rings. The van der Waals surface area contributed by atoms with Gasteiger partial charge in [-0.3, -0.25) is 10.1 Å². The summed E-state index contributed by atoms with van der Waals surface area (Å²) in [6, 6.07) is 4.69. The second-order valence-electron chi connectivity index (χ2n) is 7.63. The third kappa shape index (κ3) is 2.37. The third-order valence-electron chi connectivity index (χ3n) is 5.94. The van der Waals surface area contributed by atoms with Crippen molar-refractivity contribution in [3.8, 4) is 5.75 Å². The van der Waals surface area contributed by atoms with E-state index in [-0.39, 0.29) is 17.0 Å². The van der Waals surface area contributed by atoms with Crippen molar-refractivity contribution in [2.45, 2.75) is 50.6 Å². The smallest absolute Gasteiger partial charge is 0.311 e. The van der Waals surface area contributed by atoms with E-state index in [0.29, 0.717) is 6.54 Å². The molecule has 0 aliphatic heterocycles. The number of nitro benzene ring substituents is 1. The van der Waals surface area contributed by atoms with Crippen LogP contribution in [0.25, 0.3) is 0 Å². The van der Waals surface area contributed by atoms with Crippen molar-refractivity contribution in [3.63, 3.8) is 0 Å². The Morgan fingerprint density at radius 2 is 1.77 bits per heavy atom. The Kier molecular flexibility index (Phi) is 3.15. The van der Waals surface area contributed by atoms with Crippen molar-refractivity contribution in [3.05, 3.63) is 33.9 Å². The topological polar surface area (TPSA) is 75.4 Å². The van der Waals surface area contributed by atoms with Gasteiger partial charge in [-0.1, -0.05) is 6.07 Å². The van der Waals surface area contributed by atoms with Crippen molar-refractivity contribution in [2.75, 3.05) is 0 Å². The van der Waals surface area contributed by atoms with Crippen LogP contribution < -0.4 is 5.32 Å². The number of nitrogens with zero attached hydrogens (tertiary/aromatic N) is 1. The van der Waals surface area contributed by atoms with Gasteiger partial charge in [0, 0.05) is 18.2 Å². The summed E-state index contributed by atoms with van der Waals surface area (Å²) in [7, 11) is 0. The van der Waals surface area contributed by atoms with E-state index in [4.69, 9.17) is 0 Å². The first-order valence-corrected chi connectivity index (χ1v) is 8.24. The first-order chi connectivity index (χ1) is 10.5. The molecule has 4 aliphatic rings. The molecule has 118 valence electrons. The summed E-state index contributed by atoms with van der Waals surface area (Å²) in [5.74, 6) is 2.39. The van der Waals surface area contributed by atoms with Crippen LogP contribution in [-0.4, -0.2) is 15.6 Å². The first kappa shape index (κ1) is 14.0. The van der Waals surface area contributed by atoms with Gasteiger partial charge in [-0.25, -0.2) is 0 Å². The molecule has 0 unspecified atom stereocenters. The lowest BCUT2D eigenvalue weighted by molar-refractivity contribution is -0.385. The van der Waals surface area contributed by atoms with E-state index >= 15 is 0 Å². The summed E-state index contributed by atoms with van der Waals surface area (Å²) >= 11 is 0. The Morgan fingerprint density at radius 3 is 2.32 bits per heavy atom. The van der Waals surface area contributed by atoms with E-state index in [0.717, 1.165) is 23.3 Å². The minimum absolute atomic E-state index is 0.204. The summed E-state index contributed by atoms with van der Waals surface area (Å²) in [5, 5.41) is 24.2. The Morgan fingerprint density at radius 1 is 1.18 bits per heavy atom. The van der Waals surface area contributed by atoms with Gasteiger partial charge < -0.3 is 10.4 Å². The second kappa shape index (κ2) is 4.95. The van der Waals surface area contributed by atoms with E-state index in [1.54, 1.807) is 6.07 Å². The van der Waals surface area contributed by atoms with Crippen molar-refractivity contribution in [1.82, 2.24) is 5.32 Å². The van der Waals surface area contributed by atoms with Gasteiger partial charge in [0.2, 0.25) is 0 Å².